The van der Waals surface area contributed by atoms with Gasteiger partial charge in [0.15, 0.2) is 0 Å². The van der Waals surface area contributed by atoms with Crippen LogP contribution in [-0.2, 0) is 0 Å². The molecule has 0 unspecified atom stereocenters. The van der Waals surface area contributed by atoms with Crippen molar-refractivity contribution in [3.8, 4) is 0 Å². The SMILES string of the molecule is Nc1cc(F)cc(NC(=O)c2ccoc2Cl)c1. The minimum absolute atomic E-state index is 0.0214. The highest BCUT2D eigenvalue weighted by Crippen LogP contribution is 2.20. The third-order valence-corrected chi connectivity index (χ3v) is 2.33. The van der Waals surface area contributed by atoms with Crippen LogP contribution < -0.4 is 11.1 Å². The number of amides is 1. The first-order chi connectivity index (χ1) is 8.06. The maximum Gasteiger partial charge on any atom is 0.260 e. The standard InChI is InChI=1S/C11H8ClFN2O2/c12-10-9(1-2-17-10)11(16)15-8-4-6(13)3-7(14)5-8/h1-5H,14H2,(H,15,16). The topological polar surface area (TPSA) is 68.3 Å². The highest BCUT2D eigenvalue weighted by Gasteiger charge is 2.13. The zero-order chi connectivity index (χ0) is 12.4. The predicted octanol–water partition coefficient (Wildman–Crippen LogP) is 2.91. The molecule has 0 saturated heterocycles. The van der Waals surface area contributed by atoms with Crippen molar-refractivity contribution in [2.75, 3.05) is 11.1 Å². The molecular formula is C11H8ClFN2O2. The van der Waals surface area contributed by atoms with Crippen LogP contribution in [0.25, 0.3) is 0 Å². The summed E-state index contributed by atoms with van der Waals surface area (Å²) >= 11 is 5.64. The van der Waals surface area contributed by atoms with Gasteiger partial charge >= 0.3 is 0 Å². The number of halogens is 2. The van der Waals surface area contributed by atoms with Crippen molar-refractivity contribution in [1.82, 2.24) is 0 Å². The second kappa shape index (κ2) is 4.47. The lowest BCUT2D eigenvalue weighted by Crippen LogP contribution is -2.11. The number of carbonyl (C=O) groups is 1. The number of carbonyl (C=O) groups excluding carboxylic acids is 1. The first-order valence-electron chi connectivity index (χ1n) is 4.66. The summed E-state index contributed by atoms with van der Waals surface area (Å²) in [5, 5.41) is 2.44. The van der Waals surface area contributed by atoms with Crippen molar-refractivity contribution in [3.63, 3.8) is 0 Å². The second-order valence-corrected chi connectivity index (χ2v) is 3.68. The third-order valence-electron chi connectivity index (χ3n) is 2.04. The lowest BCUT2D eigenvalue weighted by atomic mass is 10.2. The van der Waals surface area contributed by atoms with Gasteiger partial charge in [-0.1, -0.05) is 0 Å². The van der Waals surface area contributed by atoms with Gasteiger partial charge in [-0.2, -0.15) is 0 Å². The molecule has 0 saturated carbocycles. The number of nitrogen functional groups attached to an aromatic ring is 1. The molecule has 1 heterocycles. The van der Waals surface area contributed by atoms with Crippen LogP contribution in [0.4, 0.5) is 15.8 Å². The van der Waals surface area contributed by atoms with Gasteiger partial charge in [-0.05, 0) is 35.9 Å². The summed E-state index contributed by atoms with van der Waals surface area (Å²) in [6.45, 7) is 0. The molecule has 0 radical (unpaired) electrons. The average Bonchev–Trinajstić information content (AvgIpc) is 2.62. The van der Waals surface area contributed by atoms with Gasteiger partial charge in [0.2, 0.25) is 5.22 Å². The van der Waals surface area contributed by atoms with E-state index in [4.69, 9.17) is 21.8 Å². The van der Waals surface area contributed by atoms with Crippen molar-refractivity contribution in [2.24, 2.45) is 0 Å². The number of hydrogen-bond donors (Lipinski definition) is 2. The number of nitrogens with one attached hydrogen (secondary N) is 1. The van der Waals surface area contributed by atoms with Crippen molar-refractivity contribution in [1.29, 1.82) is 0 Å². The summed E-state index contributed by atoms with van der Waals surface area (Å²) in [6, 6.07) is 5.16. The van der Waals surface area contributed by atoms with Gasteiger partial charge in [0, 0.05) is 11.4 Å². The fraction of sp³-hybridized carbons (Fsp3) is 0. The van der Waals surface area contributed by atoms with Crippen molar-refractivity contribution >= 4 is 28.9 Å². The molecule has 17 heavy (non-hydrogen) atoms. The quantitative estimate of drug-likeness (QED) is 0.810. The summed E-state index contributed by atoms with van der Waals surface area (Å²) in [7, 11) is 0. The van der Waals surface area contributed by atoms with E-state index in [1.807, 2.05) is 0 Å². The van der Waals surface area contributed by atoms with Gasteiger partial charge in [-0.15, -0.1) is 0 Å². The molecule has 0 aliphatic carbocycles. The van der Waals surface area contributed by atoms with Crippen molar-refractivity contribution in [3.05, 3.63) is 47.1 Å². The Morgan fingerprint density at radius 1 is 1.41 bits per heavy atom. The van der Waals surface area contributed by atoms with E-state index in [0.29, 0.717) is 0 Å². The normalized spacial score (nSPS) is 10.2. The Balaban J connectivity index is 2.21. The lowest BCUT2D eigenvalue weighted by molar-refractivity contribution is 0.102. The van der Waals surface area contributed by atoms with Gasteiger partial charge in [0.1, 0.15) is 5.82 Å². The van der Waals surface area contributed by atoms with E-state index in [1.54, 1.807) is 0 Å². The molecule has 0 fully saturated rings. The molecule has 88 valence electrons. The van der Waals surface area contributed by atoms with Crippen LogP contribution in [-0.4, -0.2) is 5.91 Å². The van der Waals surface area contributed by atoms with Gasteiger partial charge in [-0.3, -0.25) is 4.79 Å². The van der Waals surface area contributed by atoms with Crippen molar-refractivity contribution in [2.45, 2.75) is 0 Å². The Labute approximate surface area is 101 Å². The minimum Gasteiger partial charge on any atom is -0.452 e. The number of anilines is 2. The summed E-state index contributed by atoms with van der Waals surface area (Å²) in [5.74, 6) is -1.02. The zero-order valence-corrected chi connectivity index (χ0v) is 9.29. The number of hydrogen-bond acceptors (Lipinski definition) is 3. The van der Waals surface area contributed by atoms with Crippen LogP contribution in [0.2, 0.25) is 5.22 Å². The molecule has 0 aliphatic heterocycles. The smallest absolute Gasteiger partial charge is 0.260 e. The van der Waals surface area contributed by atoms with Gasteiger partial charge in [0.25, 0.3) is 5.91 Å². The molecule has 0 bridgehead atoms. The Morgan fingerprint density at radius 2 is 2.18 bits per heavy atom. The Bertz CT molecular complexity index is 548. The van der Waals surface area contributed by atoms with Crippen LogP contribution >= 0.6 is 11.6 Å². The molecule has 0 aliphatic rings. The monoisotopic (exact) mass is 254 g/mol. The first-order valence-corrected chi connectivity index (χ1v) is 5.04. The molecule has 6 heteroatoms. The van der Waals surface area contributed by atoms with E-state index in [2.05, 4.69) is 5.32 Å². The molecule has 1 amide bonds. The molecule has 4 nitrogen and oxygen atoms in total. The molecule has 0 spiro atoms. The maximum absolute atomic E-state index is 13.0. The van der Waals surface area contributed by atoms with Gasteiger partial charge < -0.3 is 15.5 Å². The predicted molar refractivity (Wildman–Crippen MR) is 62.5 cm³/mol. The number of furan rings is 1. The van der Waals surface area contributed by atoms with E-state index in [-0.39, 0.29) is 22.2 Å². The maximum atomic E-state index is 13.0. The highest BCUT2D eigenvalue weighted by atomic mass is 35.5. The van der Waals surface area contributed by atoms with E-state index in [0.717, 1.165) is 12.1 Å². The van der Waals surface area contributed by atoms with E-state index >= 15 is 0 Å². The first kappa shape index (κ1) is 11.5. The van der Waals surface area contributed by atoms with Crippen LogP contribution in [0, 0.1) is 5.82 Å². The molecule has 1 aromatic carbocycles. The van der Waals surface area contributed by atoms with Gasteiger partial charge in [0.05, 0.1) is 11.8 Å². The molecule has 2 aromatic rings. The lowest BCUT2D eigenvalue weighted by Gasteiger charge is -2.05. The number of rotatable bonds is 2. The summed E-state index contributed by atoms with van der Waals surface area (Å²) in [4.78, 5) is 11.7. The van der Waals surface area contributed by atoms with Crippen molar-refractivity contribution < 1.29 is 13.6 Å². The van der Waals surface area contributed by atoms with Crippen LogP contribution in [0.1, 0.15) is 10.4 Å². The third kappa shape index (κ3) is 2.57. The molecular weight excluding hydrogens is 247 g/mol. The molecule has 2 rings (SSSR count). The Kier molecular flexibility index (Phi) is 3.01. The Hall–Kier alpha value is -2.01. The van der Waals surface area contributed by atoms with Gasteiger partial charge in [-0.25, -0.2) is 4.39 Å². The van der Waals surface area contributed by atoms with E-state index in [9.17, 15) is 9.18 Å². The number of benzene rings is 1. The van der Waals surface area contributed by atoms with E-state index < -0.39 is 11.7 Å². The minimum atomic E-state index is -0.529. The summed E-state index contributed by atoms with van der Waals surface area (Å²) in [6.07, 6.45) is 1.29. The second-order valence-electron chi connectivity index (χ2n) is 3.34. The number of nitrogens with two attached hydrogens (primary N) is 1. The van der Waals surface area contributed by atoms with E-state index in [1.165, 1.54) is 18.4 Å². The summed E-state index contributed by atoms with van der Waals surface area (Å²) < 4.78 is 17.8. The Morgan fingerprint density at radius 3 is 2.76 bits per heavy atom. The molecule has 0 atom stereocenters. The van der Waals surface area contributed by atoms with Crippen LogP contribution in [0.15, 0.2) is 34.9 Å². The molecule has 3 N–H and O–H groups in total. The van der Waals surface area contributed by atoms with Crippen LogP contribution in [0.5, 0.6) is 0 Å². The largest absolute Gasteiger partial charge is 0.452 e. The fourth-order valence-electron chi connectivity index (χ4n) is 1.34. The zero-order valence-electron chi connectivity index (χ0n) is 8.54. The highest BCUT2D eigenvalue weighted by molar-refractivity contribution is 6.32. The summed E-state index contributed by atoms with van der Waals surface area (Å²) in [5.41, 5.74) is 6.10. The fourth-order valence-corrected chi connectivity index (χ4v) is 1.54. The average molecular weight is 255 g/mol. The molecule has 1 aromatic heterocycles. The van der Waals surface area contributed by atoms with Crippen LogP contribution in [0.3, 0.4) is 0 Å².